The van der Waals surface area contributed by atoms with E-state index in [0.29, 0.717) is 24.3 Å². The Morgan fingerprint density at radius 3 is 2.42 bits per heavy atom. The number of aromatic amines is 1. The van der Waals surface area contributed by atoms with E-state index in [1.165, 1.54) is 6.92 Å². The summed E-state index contributed by atoms with van der Waals surface area (Å²) in [7, 11) is 0. The monoisotopic (exact) mass is 499 g/mol. The second-order valence-corrected chi connectivity index (χ2v) is 10.3. The van der Waals surface area contributed by atoms with Crippen LogP contribution in [0.1, 0.15) is 56.6 Å². The van der Waals surface area contributed by atoms with Crippen molar-refractivity contribution in [2.24, 2.45) is 5.41 Å². The van der Waals surface area contributed by atoms with Gasteiger partial charge in [0.2, 0.25) is 11.8 Å². The summed E-state index contributed by atoms with van der Waals surface area (Å²) >= 11 is 0. The molecule has 2 aliphatic rings. The third-order valence-electron chi connectivity index (χ3n) is 7.36. The Balaban J connectivity index is 1.19. The highest BCUT2D eigenvalue weighted by atomic mass is 19.4. The quantitative estimate of drug-likeness (QED) is 0.404. The van der Waals surface area contributed by atoms with E-state index in [1.54, 1.807) is 18.3 Å². The van der Waals surface area contributed by atoms with E-state index >= 15 is 0 Å². The van der Waals surface area contributed by atoms with E-state index in [9.17, 15) is 22.8 Å². The molecule has 2 aromatic carbocycles. The molecule has 0 bridgehead atoms. The Labute approximate surface area is 206 Å². The van der Waals surface area contributed by atoms with Crippen LogP contribution in [-0.2, 0) is 15.8 Å². The number of anilines is 1. The van der Waals surface area contributed by atoms with Crippen LogP contribution in [0.25, 0.3) is 10.9 Å². The molecule has 0 saturated heterocycles. The summed E-state index contributed by atoms with van der Waals surface area (Å²) < 4.78 is 44.5. The van der Waals surface area contributed by atoms with Gasteiger partial charge in [0.25, 0.3) is 0 Å². The summed E-state index contributed by atoms with van der Waals surface area (Å²) in [6, 6.07) is 11.0. The fraction of sp³-hybridized carbons (Fsp3) is 0.407. The van der Waals surface area contributed by atoms with Crippen LogP contribution in [0.2, 0.25) is 0 Å². The number of nitrogens with one attached hydrogen (secondary N) is 3. The molecule has 0 atom stereocenters. The third-order valence-corrected chi connectivity index (χ3v) is 7.36. The smallest absolute Gasteiger partial charge is 0.416 e. The molecule has 2 saturated carbocycles. The summed E-state index contributed by atoms with van der Waals surface area (Å²) in [5.74, 6) is 0.667. The van der Waals surface area contributed by atoms with Crippen LogP contribution in [0.15, 0.2) is 48.7 Å². The Morgan fingerprint density at radius 1 is 1.08 bits per heavy atom. The van der Waals surface area contributed by atoms with Gasteiger partial charge in [0, 0.05) is 30.1 Å². The van der Waals surface area contributed by atoms with Crippen molar-refractivity contribution in [1.29, 1.82) is 0 Å². The molecule has 0 aliphatic heterocycles. The number of fused-ring (bicyclic) bond motifs is 1. The van der Waals surface area contributed by atoms with Gasteiger partial charge >= 0.3 is 6.18 Å². The SMILES string of the molecule is CC(=O)NC1CC(C)(C(=O)Nc2c[nH]c3ccc(OC4CC(c5ccc(C(F)(F)F)cc5)C4)cc23)C1. The zero-order valence-electron chi connectivity index (χ0n) is 20.0. The first-order valence-corrected chi connectivity index (χ1v) is 12.0. The van der Waals surface area contributed by atoms with Crippen LogP contribution >= 0.6 is 0 Å². The van der Waals surface area contributed by atoms with Crippen molar-refractivity contribution in [2.75, 3.05) is 5.32 Å². The molecular weight excluding hydrogens is 471 g/mol. The molecule has 36 heavy (non-hydrogen) atoms. The maximum Gasteiger partial charge on any atom is 0.416 e. The molecule has 6 nitrogen and oxygen atoms in total. The molecule has 9 heteroatoms. The Hall–Kier alpha value is -3.49. The summed E-state index contributed by atoms with van der Waals surface area (Å²) in [5.41, 5.74) is 1.24. The summed E-state index contributed by atoms with van der Waals surface area (Å²) in [6.45, 7) is 3.37. The van der Waals surface area contributed by atoms with Crippen LogP contribution in [0.3, 0.4) is 0 Å². The van der Waals surface area contributed by atoms with E-state index in [1.807, 2.05) is 25.1 Å². The van der Waals surface area contributed by atoms with E-state index in [4.69, 9.17) is 4.74 Å². The van der Waals surface area contributed by atoms with Gasteiger partial charge in [-0.3, -0.25) is 9.59 Å². The van der Waals surface area contributed by atoms with Crippen LogP contribution in [-0.4, -0.2) is 28.9 Å². The number of aromatic nitrogens is 1. The number of carbonyl (C=O) groups is 2. The van der Waals surface area contributed by atoms with E-state index in [0.717, 1.165) is 41.4 Å². The molecule has 3 aromatic rings. The number of halogens is 3. The average molecular weight is 500 g/mol. The lowest BCUT2D eigenvalue weighted by molar-refractivity contribution is -0.137. The summed E-state index contributed by atoms with van der Waals surface area (Å²) in [6.07, 6.45) is 0.0506. The number of ether oxygens (including phenoxy) is 1. The van der Waals surface area contributed by atoms with Gasteiger partial charge in [-0.2, -0.15) is 13.2 Å². The molecule has 190 valence electrons. The Kier molecular flexibility index (Phi) is 5.97. The predicted octanol–water partition coefficient (Wildman–Crippen LogP) is 5.76. The van der Waals surface area contributed by atoms with Crippen molar-refractivity contribution in [2.45, 2.75) is 63.8 Å². The first kappa shape index (κ1) is 24.2. The van der Waals surface area contributed by atoms with Gasteiger partial charge in [0.05, 0.1) is 22.8 Å². The van der Waals surface area contributed by atoms with E-state index in [2.05, 4.69) is 15.6 Å². The normalized spacial score (nSPS) is 25.5. The summed E-state index contributed by atoms with van der Waals surface area (Å²) in [5, 5.41) is 6.70. The Morgan fingerprint density at radius 2 is 1.78 bits per heavy atom. The minimum Gasteiger partial charge on any atom is -0.490 e. The number of amides is 2. The van der Waals surface area contributed by atoms with Crippen molar-refractivity contribution in [3.8, 4) is 5.75 Å². The number of hydrogen-bond acceptors (Lipinski definition) is 3. The van der Waals surface area contributed by atoms with Crippen molar-refractivity contribution >= 4 is 28.4 Å². The van der Waals surface area contributed by atoms with E-state index in [-0.39, 0.29) is 29.9 Å². The number of benzene rings is 2. The third kappa shape index (κ3) is 4.79. The minimum absolute atomic E-state index is 0.0219. The van der Waals surface area contributed by atoms with Crippen molar-refractivity contribution in [3.63, 3.8) is 0 Å². The van der Waals surface area contributed by atoms with Gasteiger partial charge in [0.15, 0.2) is 0 Å². The first-order valence-electron chi connectivity index (χ1n) is 12.0. The molecule has 2 aliphatic carbocycles. The fourth-order valence-corrected chi connectivity index (χ4v) is 5.22. The molecule has 0 spiro atoms. The van der Waals surface area contributed by atoms with Crippen LogP contribution < -0.4 is 15.4 Å². The number of H-pyrrole nitrogens is 1. The number of hydrogen-bond donors (Lipinski definition) is 3. The second kappa shape index (κ2) is 8.87. The lowest BCUT2D eigenvalue weighted by Gasteiger charge is -2.43. The number of carbonyl (C=O) groups excluding carboxylic acids is 2. The van der Waals surface area contributed by atoms with Gasteiger partial charge in [-0.25, -0.2) is 0 Å². The highest BCUT2D eigenvalue weighted by Crippen LogP contribution is 2.43. The van der Waals surface area contributed by atoms with E-state index < -0.39 is 17.2 Å². The van der Waals surface area contributed by atoms with Crippen LogP contribution in [0, 0.1) is 5.41 Å². The highest BCUT2D eigenvalue weighted by molar-refractivity contribution is 6.04. The van der Waals surface area contributed by atoms with Crippen molar-refractivity contribution in [1.82, 2.24) is 10.3 Å². The fourth-order valence-electron chi connectivity index (χ4n) is 5.22. The van der Waals surface area contributed by atoms with Gasteiger partial charge < -0.3 is 20.4 Å². The first-order chi connectivity index (χ1) is 17.0. The second-order valence-electron chi connectivity index (χ2n) is 10.3. The average Bonchev–Trinajstić information content (AvgIpc) is 3.16. The number of rotatable bonds is 6. The molecule has 0 radical (unpaired) electrons. The van der Waals surface area contributed by atoms with Gasteiger partial charge in [-0.1, -0.05) is 19.1 Å². The molecule has 5 rings (SSSR count). The zero-order valence-corrected chi connectivity index (χ0v) is 20.0. The zero-order chi connectivity index (χ0) is 25.7. The molecule has 1 heterocycles. The molecular formula is C27H28F3N3O3. The summed E-state index contributed by atoms with van der Waals surface area (Å²) in [4.78, 5) is 27.3. The van der Waals surface area contributed by atoms with Gasteiger partial charge in [-0.15, -0.1) is 0 Å². The molecule has 2 fully saturated rings. The Bertz CT molecular complexity index is 1290. The highest BCUT2D eigenvalue weighted by Gasteiger charge is 2.46. The van der Waals surface area contributed by atoms with Gasteiger partial charge in [0.1, 0.15) is 5.75 Å². The predicted molar refractivity (Wildman–Crippen MR) is 130 cm³/mol. The van der Waals surface area contributed by atoms with Crippen LogP contribution in [0.5, 0.6) is 5.75 Å². The maximum atomic E-state index is 12.9. The molecule has 3 N–H and O–H groups in total. The minimum atomic E-state index is -4.33. The molecule has 2 amide bonds. The standard InChI is InChI=1S/C27H28F3N3O3/c1-15(34)32-19-12-26(2,13-19)25(35)33-24-14-31-23-8-7-20(11-22(23)24)36-21-9-17(10-21)16-3-5-18(6-4-16)27(28,29)30/h3-8,11,14,17,19,21,31H,9-10,12-13H2,1-2H3,(H,32,34)(H,33,35). The van der Waals surface area contributed by atoms with Gasteiger partial charge in [-0.05, 0) is 67.5 Å². The van der Waals surface area contributed by atoms with Crippen molar-refractivity contribution < 1.29 is 27.5 Å². The largest absolute Gasteiger partial charge is 0.490 e. The lowest BCUT2D eigenvalue weighted by Crippen LogP contribution is -2.54. The number of alkyl halides is 3. The topological polar surface area (TPSA) is 83.2 Å². The lowest BCUT2D eigenvalue weighted by atomic mass is 9.66. The van der Waals surface area contributed by atoms with Crippen molar-refractivity contribution in [3.05, 3.63) is 59.8 Å². The maximum absolute atomic E-state index is 12.9. The molecule has 1 aromatic heterocycles. The van der Waals surface area contributed by atoms with Crippen LogP contribution in [0.4, 0.5) is 18.9 Å². The molecule has 0 unspecified atom stereocenters.